The van der Waals surface area contributed by atoms with Gasteiger partial charge in [-0.25, -0.2) is 0 Å². The number of amides is 2. The summed E-state index contributed by atoms with van der Waals surface area (Å²) >= 11 is 0. The Bertz CT molecular complexity index is 641. The molecule has 136 valence electrons. The van der Waals surface area contributed by atoms with E-state index in [1.54, 1.807) is 0 Å². The second-order valence-electron chi connectivity index (χ2n) is 7.10. The molecular formula is C18H21F3N2O2. The van der Waals surface area contributed by atoms with Gasteiger partial charge in [-0.15, -0.1) is 0 Å². The van der Waals surface area contributed by atoms with Crippen molar-refractivity contribution in [2.24, 2.45) is 23.5 Å². The highest BCUT2D eigenvalue weighted by Crippen LogP contribution is 2.44. The summed E-state index contributed by atoms with van der Waals surface area (Å²) in [7, 11) is 0. The first-order chi connectivity index (χ1) is 11.8. The van der Waals surface area contributed by atoms with Crippen LogP contribution in [0.15, 0.2) is 30.3 Å². The van der Waals surface area contributed by atoms with E-state index >= 15 is 0 Å². The predicted octanol–water partition coefficient (Wildman–Crippen LogP) is 2.69. The Morgan fingerprint density at radius 2 is 1.76 bits per heavy atom. The van der Waals surface area contributed by atoms with Crippen molar-refractivity contribution in [3.8, 4) is 0 Å². The number of alkyl halides is 3. The molecule has 7 heteroatoms. The average Bonchev–Trinajstić information content (AvgIpc) is 2.97. The molecule has 4 nitrogen and oxygen atoms in total. The van der Waals surface area contributed by atoms with Gasteiger partial charge in [0.1, 0.15) is 0 Å². The monoisotopic (exact) mass is 354 g/mol. The Morgan fingerprint density at radius 3 is 2.28 bits per heavy atom. The molecule has 2 atom stereocenters. The topological polar surface area (TPSA) is 63.4 Å². The quantitative estimate of drug-likeness (QED) is 0.904. The number of halogens is 3. The van der Waals surface area contributed by atoms with Crippen molar-refractivity contribution in [2.45, 2.75) is 31.4 Å². The SMILES string of the molecule is NC(=O)[C@@H]1CN(C(=O)CC2CC(c3ccccc3)C2)C[C@H]1C(F)(F)F. The van der Waals surface area contributed by atoms with Crippen LogP contribution in [-0.2, 0) is 9.59 Å². The average molecular weight is 354 g/mol. The zero-order valence-corrected chi connectivity index (χ0v) is 13.7. The summed E-state index contributed by atoms with van der Waals surface area (Å²) in [5.41, 5.74) is 6.33. The van der Waals surface area contributed by atoms with Gasteiger partial charge in [-0.1, -0.05) is 30.3 Å². The Balaban J connectivity index is 1.54. The summed E-state index contributed by atoms with van der Waals surface area (Å²) in [4.78, 5) is 24.8. The van der Waals surface area contributed by atoms with Crippen LogP contribution in [0, 0.1) is 17.8 Å². The summed E-state index contributed by atoms with van der Waals surface area (Å²) in [6.07, 6.45) is -2.56. The van der Waals surface area contributed by atoms with Gasteiger partial charge in [0.2, 0.25) is 11.8 Å². The normalized spacial score (nSPS) is 29.3. The van der Waals surface area contributed by atoms with Crippen LogP contribution >= 0.6 is 0 Å². The van der Waals surface area contributed by atoms with Crippen LogP contribution in [0.25, 0.3) is 0 Å². The Morgan fingerprint density at radius 1 is 1.12 bits per heavy atom. The van der Waals surface area contributed by atoms with E-state index in [0.717, 1.165) is 17.7 Å². The minimum Gasteiger partial charge on any atom is -0.369 e. The highest BCUT2D eigenvalue weighted by molar-refractivity contribution is 5.81. The van der Waals surface area contributed by atoms with Gasteiger partial charge in [0.25, 0.3) is 0 Å². The molecule has 0 spiro atoms. The van der Waals surface area contributed by atoms with Crippen LogP contribution in [0.1, 0.15) is 30.7 Å². The Hall–Kier alpha value is -2.05. The molecule has 2 N–H and O–H groups in total. The maximum absolute atomic E-state index is 13.0. The standard InChI is InChI=1S/C18H21F3N2O2/c19-18(20,21)15-10-23(9-14(15)17(22)25)16(24)8-11-6-13(7-11)12-4-2-1-3-5-12/h1-5,11,13-15H,6-10H2,(H2,22,25)/t11?,13?,14-,15-/m1/s1. The number of hydrogen-bond donors (Lipinski definition) is 1. The predicted molar refractivity (Wildman–Crippen MR) is 85.3 cm³/mol. The molecule has 1 aromatic rings. The summed E-state index contributed by atoms with van der Waals surface area (Å²) in [5, 5.41) is 0. The van der Waals surface area contributed by atoms with Crippen LogP contribution in [0.2, 0.25) is 0 Å². The first-order valence-corrected chi connectivity index (χ1v) is 8.44. The number of hydrogen-bond acceptors (Lipinski definition) is 2. The molecule has 1 saturated carbocycles. The van der Waals surface area contributed by atoms with Crippen molar-refractivity contribution in [3.63, 3.8) is 0 Å². The van der Waals surface area contributed by atoms with Crippen molar-refractivity contribution in [1.82, 2.24) is 4.90 Å². The zero-order valence-electron chi connectivity index (χ0n) is 13.7. The van der Waals surface area contributed by atoms with Crippen LogP contribution in [0.4, 0.5) is 13.2 Å². The van der Waals surface area contributed by atoms with E-state index in [-0.39, 0.29) is 24.8 Å². The second-order valence-corrected chi connectivity index (χ2v) is 7.10. The van der Waals surface area contributed by atoms with Crippen LogP contribution in [-0.4, -0.2) is 36.0 Å². The number of nitrogens with zero attached hydrogens (tertiary/aromatic N) is 1. The van der Waals surface area contributed by atoms with Crippen LogP contribution in [0.5, 0.6) is 0 Å². The van der Waals surface area contributed by atoms with Gasteiger partial charge in [-0.05, 0) is 30.2 Å². The summed E-state index contributed by atoms with van der Waals surface area (Å²) < 4.78 is 39.1. The molecule has 0 aromatic heterocycles. The van der Waals surface area contributed by atoms with Crippen LogP contribution < -0.4 is 5.73 Å². The molecule has 25 heavy (non-hydrogen) atoms. The third-order valence-corrected chi connectivity index (χ3v) is 5.43. The summed E-state index contributed by atoms with van der Waals surface area (Å²) in [6, 6.07) is 9.99. The van der Waals surface area contributed by atoms with Crippen molar-refractivity contribution in [1.29, 1.82) is 0 Å². The van der Waals surface area contributed by atoms with Gasteiger partial charge in [-0.3, -0.25) is 9.59 Å². The van der Waals surface area contributed by atoms with Crippen molar-refractivity contribution < 1.29 is 22.8 Å². The third kappa shape index (κ3) is 3.80. The lowest BCUT2D eigenvalue weighted by molar-refractivity contribution is -0.182. The van der Waals surface area contributed by atoms with E-state index in [4.69, 9.17) is 5.73 Å². The molecular weight excluding hydrogens is 333 g/mol. The minimum absolute atomic E-state index is 0.190. The molecule has 1 aliphatic carbocycles. The zero-order chi connectivity index (χ0) is 18.2. The molecule has 1 heterocycles. The maximum atomic E-state index is 13.0. The lowest BCUT2D eigenvalue weighted by Crippen LogP contribution is -2.37. The molecule has 3 rings (SSSR count). The molecule has 1 aliphatic heterocycles. The van der Waals surface area contributed by atoms with E-state index in [0.29, 0.717) is 5.92 Å². The number of likely N-dealkylation sites (tertiary alicyclic amines) is 1. The fourth-order valence-electron chi connectivity index (χ4n) is 3.90. The molecule has 2 amide bonds. The van der Waals surface area contributed by atoms with Crippen molar-refractivity contribution >= 4 is 11.8 Å². The summed E-state index contributed by atoms with van der Waals surface area (Å²) in [5.74, 6) is -3.90. The van der Waals surface area contributed by atoms with Crippen molar-refractivity contribution in [3.05, 3.63) is 35.9 Å². The van der Waals surface area contributed by atoms with Crippen LogP contribution in [0.3, 0.4) is 0 Å². The van der Waals surface area contributed by atoms with Crippen molar-refractivity contribution in [2.75, 3.05) is 13.1 Å². The maximum Gasteiger partial charge on any atom is 0.394 e. The fourth-order valence-corrected chi connectivity index (χ4v) is 3.90. The molecule has 0 bridgehead atoms. The third-order valence-electron chi connectivity index (χ3n) is 5.43. The largest absolute Gasteiger partial charge is 0.394 e. The molecule has 0 radical (unpaired) electrons. The van der Waals surface area contributed by atoms with Gasteiger partial charge in [-0.2, -0.15) is 13.2 Å². The molecule has 1 aromatic carbocycles. The highest BCUT2D eigenvalue weighted by atomic mass is 19.4. The van der Waals surface area contributed by atoms with E-state index in [1.165, 1.54) is 5.56 Å². The first kappa shape index (κ1) is 17.8. The lowest BCUT2D eigenvalue weighted by atomic mass is 9.70. The minimum atomic E-state index is -4.52. The van der Waals surface area contributed by atoms with E-state index in [1.807, 2.05) is 18.2 Å². The molecule has 0 unspecified atom stereocenters. The number of carbonyl (C=O) groups is 2. The van der Waals surface area contributed by atoms with Gasteiger partial charge in [0.05, 0.1) is 11.8 Å². The van der Waals surface area contributed by atoms with E-state index in [9.17, 15) is 22.8 Å². The van der Waals surface area contributed by atoms with Gasteiger partial charge >= 0.3 is 6.18 Å². The number of primary amides is 1. The molecule has 2 fully saturated rings. The smallest absolute Gasteiger partial charge is 0.369 e. The van der Waals surface area contributed by atoms with Gasteiger partial charge in [0.15, 0.2) is 0 Å². The van der Waals surface area contributed by atoms with Gasteiger partial charge in [0, 0.05) is 19.5 Å². The number of rotatable bonds is 4. The first-order valence-electron chi connectivity index (χ1n) is 8.44. The van der Waals surface area contributed by atoms with E-state index < -0.39 is 30.5 Å². The lowest BCUT2D eigenvalue weighted by Gasteiger charge is -2.36. The highest BCUT2D eigenvalue weighted by Gasteiger charge is 2.52. The second kappa shape index (κ2) is 6.69. The number of carbonyl (C=O) groups excluding carboxylic acids is 2. The Labute approximate surface area is 144 Å². The summed E-state index contributed by atoms with van der Waals surface area (Å²) in [6.45, 7) is -0.696. The molecule has 1 saturated heterocycles. The fraction of sp³-hybridized carbons (Fsp3) is 0.556. The van der Waals surface area contributed by atoms with Gasteiger partial charge < -0.3 is 10.6 Å². The number of nitrogens with two attached hydrogens (primary N) is 1. The van der Waals surface area contributed by atoms with E-state index in [2.05, 4.69) is 12.1 Å². The Kier molecular flexibility index (Phi) is 4.75. The molecule has 2 aliphatic rings. The number of benzene rings is 1.